The first kappa shape index (κ1) is 18.8. The van der Waals surface area contributed by atoms with E-state index in [1.807, 2.05) is 49.3 Å². The molecular formula is C21H24N2O4. The molecular weight excluding hydrogens is 344 g/mol. The van der Waals surface area contributed by atoms with E-state index < -0.39 is 0 Å². The van der Waals surface area contributed by atoms with Crippen molar-refractivity contribution in [3.63, 3.8) is 0 Å². The van der Waals surface area contributed by atoms with Crippen LogP contribution in [0.25, 0.3) is 10.9 Å². The number of benzene rings is 2. The highest BCUT2D eigenvalue weighted by atomic mass is 16.5. The van der Waals surface area contributed by atoms with Crippen LogP contribution in [0.5, 0.6) is 11.5 Å². The van der Waals surface area contributed by atoms with Gasteiger partial charge in [0.05, 0.1) is 19.8 Å². The van der Waals surface area contributed by atoms with Gasteiger partial charge < -0.3 is 19.6 Å². The molecule has 0 amide bonds. The fourth-order valence-corrected chi connectivity index (χ4v) is 3.40. The van der Waals surface area contributed by atoms with Crippen LogP contribution in [0.3, 0.4) is 0 Å². The fraction of sp³-hybridized carbons (Fsp3) is 0.286. The van der Waals surface area contributed by atoms with Crippen LogP contribution in [-0.2, 0) is 4.74 Å². The molecule has 0 aliphatic carbocycles. The molecule has 0 saturated heterocycles. The summed E-state index contributed by atoms with van der Waals surface area (Å²) in [6.45, 7) is 2.09. The number of aromatic nitrogens is 1. The summed E-state index contributed by atoms with van der Waals surface area (Å²) in [7, 11) is 5.40. The molecule has 1 atom stereocenters. The van der Waals surface area contributed by atoms with Crippen LogP contribution in [0.4, 0.5) is 0 Å². The molecule has 0 fully saturated rings. The number of methoxy groups -OCH3 is 1. The molecule has 2 aromatic carbocycles. The van der Waals surface area contributed by atoms with Crippen LogP contribution >= 0.6 is 0 Å². The van der Waals surface area contributed by atoms with Crippen LogP contribution in [0.2, 0.25) is 0 Å². The Bertz CT molecular complexity index is 962. The van der Waals surface area contributed by atoms with Gasteiger partial charge in [-0.1, -0.05) is 24.3 Å². The molecule has 2 N–H and O–H groups in total. The normalized spacial score (nSPS) is 12.3. The Morgan fingerprint density at radius 1 is 1.22 bits per heavy atom. The minimum Gasteiger partial charge on any atom is -0.504 e. The van der Waals surface area contributed by atoms with Crippen molar-refractivity contribution in [2.24, 2.45) is 0 Å². The van der Waals surface area contributed by atoms with Crippen LogP contribution in [-0.4, -0.2) is 48.8 Å². The molecule has 0 spiro atoms. The van der Waals surface area contributed by atoms with Crippen LogP contribution in [0, 0.1) is 0 Å². The number of hydrogen-bond donors (Lipinski definition) is 2. The summed E-state index contributed by atoms with van der Waals surface area (Å²) in [5.41, 5.74) is 3.03. The monoisotopic (exact) mass is 368 g/mol. The van der Waals surface area contributed by atoms with Gasteiger partial charge in [0.1, 0.15) is 5.69 Å². The first-order valence-corrected chi connectivity index (χ1v) is 8.79. The van der Waals surface area contributed by atoms with Crippen LogP contribution in [0.15, 0.2) is 42.5 Å². The Morgan fingerprint density at radius 3 is 2.63 bits per heavy atom. The Kier molecular flexibility index (Phi) is 5.37. The standard InChI is InChI=1S/C21H24N2O4/c1-5-27-21(25)19-18(14-8-6-7-9-15(14)22-19)20(23(2)3)13-10-11-16(24)17(12-13)26-4/h6-12,20,22,24H,5H2,1-4H3. The predicted molar refractivity (Wildman–Crippen MR) is 104 cm³/mol. The molecule has 1 heterocycles. The molecule has 1 aromatic heterocycles. The number of rotatable bonds is 6. The lowest BCUT2D eigenvalue weighted by Gasteiger charge is -2.26. The van der Waals surface area contributed by atoms with Gasteiger partial charge in [0.2, 0.25) is 0 Å². The number of fused-ring (bicyclic) bond motifs is 1. The highest BCUT2D eigenvalue weighted by Gasteiger charge is 2.28. The van der Waals surface area contributed by atoms with Crippen molar-refractivity contribution in [1.29, 1.82) is 0 Å². The summed E-state index contributed by atoms with van der Waals surface area (Å²) in [6.07, 6.45) is 0. The summed E-state index contributed by atoms with van der Waals surface area (Å²) in [6, 6.07) is 12.8. The number of esters is 1. The maximum Gasteiger partial charge on any atom is 0.355 e. The summed E-state index contributed by atoms with van der Waals surface area (Å²) < 4.78 is 10.5. The number of carbonyl (C=O) groups is 1. The average Bonchev–Trinajstić information content (AvgIpc) is 3.03. The zero-order valence-electron chi connectivity index (χ0n) is 15.9. The van der Waals surface area contributed by atoms with E-state index >= 15 is 0 Å². The molecule has 1 unspecified atom stereocenters. The molecule has 142 valence electrons. The Hall–Kier alpha value is -2.99. The lowest BCUT2D eigenvalue weighted by Crippen LogP contribution is -2.23. The van der Waals surface area contributed by atoms with Crippen molar-refractivity contribution in [1.82, 2.24) is 9.88 Å². The van der Waals surface area contributed by atoms with Gasteiger partial charge in [0, 0.05) is 16.5 Å². The number of aromatic amines is 1. The van der Waals surface area contributed by atoms with Gasteiger partial charge in [-0.15, -0.1) is 0 Å². The molecule has 6 heteroatoms. The second kappa shape index (κ2) is 7.72. The molecule has 6 nitrogen and oxygen atoms in total. The van der Waals surface area contributed by atoms with Crippen molar-refractivity contribution in [3.05, 3.63) is 59.3 Å². The molecule has 0 aliphatic rings. The summed E-state index contributed by atoms with van der Waals surface area (Å²) >= 11 is 0. The number of nitrogens with one attached hydrogen (secondary N) is 1. The lowest BCUT2D eigenvalue weighted by atomic mass is 9.94. The maximum absolute atomic E-state index is 12.6. The minimum absolute atomic E-state index is 0.0725. The van der Waals surface area contributed by atoms with Crippen LogP contribution < -0.4 is 4.74 Å². The number of aromatic hydroxyl groups is 1. The first-order chi connectivity index (χ1) is 13.0. The van der Waals surface area contributed by atoms with E-state index in [4.69, 9.17) is 9.47 Å². The average molecular weight is 368 g/mol. The van der Waals surface area contributed by atoms with Crippen molar-refractivity contribution in [2.45, 2.75) is 13.0 Å². The highest BCUT2D eigenvalue weighted by Crippen LogP contribution is 2.38. The predicted octanol–water partition coefficient (Wildman–Crippen LogP) is 3.71. The fourth-order valence-electron chi connectivity index (χ4n) is 3.40. The summed E-state index contributed by atoms with van der Waals surface area (Å²) in [5.74, 6) is 0.0708. The summed E-state index contributed by atoms with van der Waals surface area (Å²) in [4.78, 5) is 17.9. The zero-order chi connectivity index (χ0) is 19.6. The van der Waals surface area contributed by atoms with Gasteiger partial charge in [-0.25, -0.2) is 4.79 Å². The number of phenolic OH excluding ortho intramolecular Hbond substituents is 1. The van der Waals surface area contributed by atoms with Gasteiger partial charge in [0.25, 0.3) is 0 Å². The van der Waals surface area contributed by atoms with Gasteiger partial charge >= 0.3 is 5.97 Å². The van der Waals surface area contributed by atoms with Gasteiger partial charge in [-0.2, -0.15) is 0 Å². The third-order valence-electron chi connectivity index (χ3n) is 4.54. The molecule has 0 radical (unpaired) electrons. The smallest absolute Gasteiger partial charge is 0.355 e. The third-order valence-corrected chi connectivity index (χ3v) is 4.54. The number of nitrogens with zero attached hydrogens (tertiary/aromatic N) is 1. The second-order valence-electron chi connectivity index (χ2n) is 6.48. The second-order valence-corrected chi connectivity index (χ2v) is 6.48. The highest BCUT2D eigenvalue weighted by molar-refractivity contribution is 5.99. The Balaban J connectivity index is 2.25. The van der Waals surface area contributed by atoms with Crippen LogP contribution in [0.1, 0.15) is 34.6 Å². The number of ether oxygens (including phenoxy) is 2. The molecule has 0 aliphatic heterocycles. The largest absolute Gasteiger partial charge is 0.504 e. The van der Waals surface area contributed by atoms with Crippen molar-refractivity contribution in [2.75, 3.05) is 27.8 Å². The number of carbonyl (C=O) groups excluding carboxylic acids is 1. The Labute approximate surface area is 158 Å². The van der Waals surface area contributed by atoms with E-state index in [1.54, 1.807) is 19.1 Å². The molecule has 0 saturated carbocycles. The number of hydrogen-bond acceptors (Lipinski definition) is 5. The molecule has 3 aromatic rings. The van der Waals surface area contributed by atoms with E-state index in [-0.39, 0.29) is 17.8 Å². The van der Waals surface area contributed by atoms with Crippen molar-refractivity contribution in [3.8, 4) is 11.5 Å². The molecule has 0 bridgehead atoms. The SMILES string of the molecule is CCOC(=O)c1[nH]c2ccccc2c1C(c1ccc(O)c(OC)c1)N(C)C. The van der Waals surface area contributed by atoms with E-state index in [9.17, 15) is 9.90 Å². The minimum atomic E-state index is -0.388. The topological polar surface area (TPSA) is 74.8 Å². The lowest BCUT2D eigenvalue weighted by molar-refractivity contribution is 0.0518. The van der Waals surface area contributed by atoms with E-state index in [0.717, 1.165) is 22.0 Å². The maximum atomic E-state index is 12.6. The van der Waals surface area contributed by atoms with Gasteiger partial charge in [0.15, 0.2) is 11.5 Å². The van der Waals surface area contributed by atoms with Gasteiger partial charge in [-0.05, 0) is 44.8 Å². The number of H-pyrrole nitrogens is 1. The summed E-state index contributed by atoms with van der Waals surface area (Å²) in [5, 5.41) is 10.9. The number of phenols is 1. The van der Waals surface area contributed by atoms with Crippen molar-refractivity contribution >= 4 is 16.9 Å². The molecule has 3 rings (SSSR count). The van der Waals surface area contributed by atoms with E-state index in [0.29, 0.717) is 18.1 Å². The quantitative estimate of drug-likeness (QED) is 0.649. The third kappa shape index (κ3) is 3.48. The van der Waals surface area contributed by atoms with E-state index in [2.05, 4.69) is 4.98 Å². The van der Waals surface area contributed by atoms with E-state index in [1.165, 1.54) is 7.11 Å². The Morgan fingerprint density at radius 2 is 1.96 bits per heavy atom. The number of para-hydroxylation sites is 1. The zero-order valence-corrected chi connectivity index (χ0v) is 15.9. The molecule has 27 heavy (non-hydrogen) atoms. The first-order valence-electron chi connectivity index (χ1n) is 8.79. The van der Waals surface area contributed by atoms with Gasteiger partial charge in [-0.3, -0.25) is 4.90 Å². The van der Waals surface area contributed by atoms with Crippen molar-refractivity contribution < 1.29 is 19.4 Å².